The van der Waals surface area contributed by atoms with Crippen molar-refractivity contribution in [3.8, 4) is 11.1 Å². The molecule has 0 unspecified atom stereocenters. The van der Waals surface area contributed by atoms with E-state index in [0.717, 1.165) is 16.8 Å². The zero-order chi connectivity index (χ0) is 15.7. The van der Waals surface area contributed by atoms with Crippen molar-refractivity contribution in [1.82, 2.24) is 14.7 Å². The monoisotopic (exact) mass is 313 g/mol. The molecule has 112 valence electrons. The summed E-state index contributed by atoms with van der Waals surface area (Å²) in [5, 5.41) is 3.54. The molecule has 0 aliphatic heterocycles. The summed E-state index contributed by atoms with van der Waals surface area (Å²) in [4.78, 5) is 16.4. The summed E-state index contributed by atoms with van der Waals surface area (Å²) in [5.41, 5.74) is 3.19. The van der Waals surface area contributed by atoms with Crippen molar-refractivity contribution in [2.75, 3.05) is 0 Å². The Labute approximate surface area is 133 Å². The van der Waals surface area contributed by atoms with Gasteiger partial charge in [-0.15, -0.1) is 0 Å². The van der Waals surface area contributed by atoms with Crippen molar-refractivity contribution >= 4 is 23.2 Å². The third-order valence-electron chi connectivity index (χ3n) is 3.26. The molecule has 0 aliphatic rings. The third-order valence-corrected chi connectivity index (χ3v) is 3.50. The van der Waals surface area contributed by atoms with Gasteiger partial charge < -0.3 is 9.72 Å². The zero-order valence-corrected chi connectivity index (χ0v) is 13.1. The molecule has 0 spiro atoms. The molecule has 0 aliphatic carbocycles. The summed E-state index contributed by atoms with van der Waals surface area (Å²) in [6, 6.07) is 11.6. The van der Waals surface area contributed by atoms with E-state index in [-0.39, 0.29) is 11.9 Å². The number of benzene rings is 1. The highest BCUT2D eigenvalue weighted by molar-refractivity contribution is 6.30. The van der Waals surface area contributed by atoms with Crippen molar-refractivity contribution in [1.29, 1.82) is 0 Å². The van der Waals surface area contributed by atoms with Gasteiger partial charge in [0.1, 0.15) is 11.3 Å². The second kappa shape index (κ2) is 5.81. The number of pyridine rings is 1. The van der Waals surface area contributed by atoms with Crippen molar-refractivity contribution in [2.45, 2.75) is 19.9 Å². The second-order valence-corrected chi connectivity index (χ2v) is 5.88. The summed E-state index contributed by atoms with van der Waals surface area (Å²) >= 11 is 6.03. The van der Waals surface area contributed by atoms with Crippen LogP contribution in [0.5, 0.6) is 0 Å². The molecule has 1 aromatic carbocycles. The van der Waals surface area contributed by atoms with Crippen LogP contribution in [0.2, 0.25) is 5.02 Å². The SMILES string of the molecule is CC(C)NC(=O)c1cn2cc(-c3cccc(Cl)c3)ccc2n1. The standard InChI is InChI=1S/C17H16ClN3O/c1-11(2)19-17(22)15-10-21-9-13(6-7-16(21)20-15)12-4-3-5-14(18)8-12/h3-11H,1-2H3,(H,19,22). The first-order chi connectivity index (χ1) is 10.5. The maximum atomic E-state index is 12.0. The molecule has 4 nitrogen and oxygen atoms in total. The van der Waals surface area contributed by atoms with Gasteiger partial charge in [0.15, 0.2) is 0 Å². The lowest BCUT2D eigenvalue weighted by molar-refractivity contribution is 0.0938. The molecule has 22 heavy (non-hydrogen) atoms. The molecule has 1 N–H and O–H groups in total. The minimum Gasteiger partial charge on any atom is -0.348 e. The summed E-state index contributed by atoms with van der Waals surface area (Å²) < 4.78 is 1.85. The molecule has 2 aromatic heterocycles. The van der Waals surface area contributed by atoms with Crippen LogP contribution in [0.15, 0.2) is 48.8 Å². The molecule has 5 heteroatoms. The Balaban J connectivity index is 1.98. The fourth-order valence-electron chi connectivity index (χ4n) is 2.28. The Kier molecular flexibility index (Phi) is 3.86. The second-order valence-electron chi connectivity index (χ2n) is 5.45. The van der Waals surface area contributed by atoms with Crippen LogP contribution >= 0.6 is 11.6 Å². The number of carbonyl (C=O) groups is 1. The number of aromatic nitrogens is 2. The van der Waals surface area contributed by atoms with Crippen molar-refractivity contribution in [2.24, 2.45) is 0 Å². The highest BCUT2D eigenvalue weighted by atomic mass is 35.5. The zero-order valence-electron chi connectivity index (χ0n) is 12.4. The van der Waals surface area contributed by atoms with Gasteiger partial charge in [0.2, 0.25) is 0 Å². The van der Waals surface area contributed by atoms with E-state index in [4.69, 9.17) is 11.6 Å². The van der Waals surface area contributed by atoms with Gasteiger partial charge in [0, 0.05) is 23.5 Å². The lowest BCUT2D eigenvalue weighted by atomic mass is 10.1. The average molecular weight is 314 g/mol. The van der Waals surface area contributed by atoms with Gasteiger partial charge in [0.25, 0.3) is 5.91 Å². The fourth-order valence-corrected chi connectivity index (χ4v) is 2.47. The summed E-state index contributed by atoms with van der Waals surface area (Å²) in [6.45, 7) is 3.84. The first-order valence-corrected chi connectivity index (χ1v) is 7.46. The molecule has 0 saturated carbocycles. The molecular formula is C17H16ClN3O. The number of nitrogens with one attached hydrogen (secondary N) is 1. The number of fused-ring (bicyclic) bond motifs is 1. The van der Waals surface area contributed by atoms with Crippen LogP contribution < -0.4 is 5.32 Å². The normalized spacial score (nSPS) is 11.1. The van der Waals surface area contributed by atoms with Gasteiger partial charge in [-0.05, 0) is 49.2 Å². The average Bonchev–Trinajstić information content (AvgIpc) is 2.89. The smallest absolute Gasteiger partial charge is 0.271 e. The molecule has 2 heterocycles. The van der Waals surface area contributed by atoms with Crippen molar-refractivity contribution in [3.05, 3.63) is 59.5 Å². The number of nitrogens with zero attached hydrogens (tertiary/aromatic N) is 2. The lowest BCUT2D eigenvalue weighted by Gasteiger charge is -2.04. The maximum absolute atomic E-state index is 12.0. The van der Waals surface area contributed by atoms with E-state index in [1.165, 1.54) is 0 Å². The molecule has 3 rings (SSSR count). The predicted molar refractivity (Wildman–Crippen MR) is 88.2 cm³/mol. The van der Waals surface area contributed by atoms with E-state index < -0.39 is 0 Å². The van der Waals surface area contributed by atoms with Crippen LogP contribution in [-0.2, 0) is 0 Å². The first-order valence-electron chi connectivity index (χ1n) is 7.08. The van der Waals surface area contributed by atoms with E-state index in [1.807, 2.05) is 60.8 Å². The minimum absolute atomic E-state index is 0.0827. The molecule has 0 fully saturated rings. The minimum atomic E-state index is -0.164. The van der Waals surface area contributed by atoms with Crippen LogP contribution in [0, 0.1) is 0 Å². The number of amides is 1. The Hall–Kier alpha value is -2.33. The lowest BCUT2D eigenvalue weighted by Crippen LogP contribution is -2.30. The van der Waals surface area contributed by atoms with Gasteiger partial charge in [-0.25, -0.2) is 4.98 Å². The van der Waals surface area contributed by atoms with E-state index in [0.29, 0.717) is 10.7 Å². The Bertz CT molecular complexity index is 839. The molecule has 0 saturated heterocycles. The number of hydrogen-bond donors (Lipinski definition) is 1. The highest BCUT2D eigenvalue weighted by Gasteiger charge is 2.12. The van der Waals surface area contributed by atoms with Gasteiger partial charge in [-0.3, -0.25) is 4.79 Å². The maximum Gasteiger partial charge on any atom is 0.271 e. The summed E-state index contributed by atoms with van der Waals surface area (Å²) in [7, 11) is 0. The van der Waals surface area contributed by atoms with Gasteiger partial charge in [0.05, 0.1) is 0 Å². The van der Waals surface area contributed by atoms with Gasteiger partial charge in [-0.1, -0.05) is 23.7 Å². The number of rotatable bonds is 3. The molecule has 1 amide bonds. The molecule has 0 bridgehead atoms. The van der Waals surface area contributed by atoms with Crippen molar-refractivity contribution in [3.63, 3.8) is 0 Å². The first kappa shape index (κ1) is 14.6. The summed E-state index contributed by atoms with van der Waals surface area (Å²) in [5.74, 6) is -0.164. The number of halogens is 1. The van der Waals surface area contributed by atoms with Gasteiger partial charge >= 0.3 is 0 Å². The number of hydrogen-bond acceptors (Lipinski definition) is 2. The topological polar surface area (TPSA) is 46.4 Å². The molecular weight excluding hydrogens is 298 g/mol. The molecule has 0 atom stereocenters. The Morgan fingerprint density at radius 1 is 1.18 bits per heavy atom. The number of imidazole rings is 1. The van der Waals surface area contributed by atoms with Crippen LogP contribution in [-0.4, -0.2) is 21.3 Å². The Morgan fingerprint density at radius 3 is 2.73 bits per heavy atom. The molecule has 0 radical (unpaired) electrons. The number of carbonyl (C=O) groups excluding carboxylic acids is 1. The van der Waals surface area contributed by atoms with Crippen LogP contribution in [0.1, 0.15) is 24.3 Å². The largest absolute Gasteiger partial charge is 0.348 e. The van der Waals surface area contributed by atoms with E-state index in [2.05, 4.69) is 10.3 Å². The molecule has 3 aromatic rings. The highest BCUT2D eigenvalue weighted by Crippen LogP contribution is 2.23. The van der Waals surface area contributed by atoms with Crippen LogP contribution in [0.25, 0.3) is 16.8 Å². The van der Waals surface area contributed by atoms with E-state index >= 15 is 0 Å². The van der Waals surface area contributed by atoms with E-state index in [1.54, 1.807) is 6.20 Å². The van der Waals surface area contributed by atoms with E-state index in [9.17, 15) is 4.79 Å². The van der Waals surface area contributed by atoms with Crippen molar-refractivity contribution < 1.29 is 4.79 Å². The van der Waals surface area contributed by atoms with Crippen LogP contribution in [0.4, 0.5) is 0 Å². The van der Waals surface area contributed by atoms with Crippen LogP contribution in [0.3, 0.4) is 0 Å². The van der Waals surface area contributed by atoms with Gasteiger partial charge in [-0.2, -0.15) is 0 Å². The predicted octanol–water partition coefficient (Wildman–Crippen LogP) is 3.79. The quantitative estimate of drug-likeness (QED) is 0.799. The fraction of sp³-hybridized carbons (Fsp3) is 0.176. The summed E-state index contributed by atoms with van der Waals surface area (Å²) in [6.07, 6.45) is 3.68. The third kappa shape index (κ3) is 2.97. The Morgan fingerprint density at radius 2 is 2.00 bits per heavy atom.